The molecular weight excluding hydrogens is 322 g/mol. The summed E-state index contributed by atoms with van der Waals surface area (Å²) in [6.45, 7) is 0. The summed E-state index contributed by atoms with van der Waals surface area (Å²) in [4.78, 5) is 20.5. The van der Waals surface area contributed by atoms with E-state index in [0.717, 1.165) is 29.8 Å². The van der Waals surface area contributed by atoms with Crippen LogP contribution in [-0.4, -0.2) is 53.9 Å². The fraction of sp³-hybridized carbons (Fsp3) is 0.591. The van der Waals surface area contributed by atoms with Gasteiger partial charge in [-0.15, -0.1) is 0 Å². The summed E-state index contributed by atoms with van der Waals surface area (Å²) in [6.07, 6.45) is 8.49. The molecular formula is C22H31N3O. The van der Waals surface area contributed by atoms with Crippen molar-refractivity contribution in [2.45, 2.75) is 50.6 Å². The van der Waals surface area contributed by atoms with Crippen LogP contribution in [0, 0.1) is 11.8 Å². The molecule has 2 aliphatic carbocycles. The quantitative estimate of drug-likeness (QED) is 0.891. The smallest absolute Gasteiger partial charge is 0.222 e. The molecule has 2 saturated carbocycles. The Hall–Kier alpha value is -1.81. The number of nitrogens with one attached hydrogen (secondary N) is 1. The second kappa shape index (κ2) is 7.07. The van der Waals surface area contributed by atoms with Crippen LogP contribution < -0.4 is 0 Å². The van der Waals surface area contributed by atoms with Crippen LogP contribution in [0.1, 0.15) is 37.7 Å². The van der Waals surface area contributed by atoms with Gasteiger partial charge in [-0.2, -0.15) is 0 Å². The lowest BCUT2D eigenvalue weighted by Crippen LogP contribution is -2.36. The summed E-state index contributed by atoms with van der Waals surface area (Å²) in [6, 6.07) is 9.52. The molecule has 0 spiro atoms. The van der Waals surface area contributed by atoms with Gasteiger partial charge in [-0.05, 0) is 69.7 Å². The summed E-state index contributed by atoms with van der Waals surface area (Å²) < 4.78 is 0. The molecule has 2 aliphatic rings. The van der Waals surface area contributed by atoms with Crippen molar-refractivity contribution in [1.82, 2.24) is 14.8 Å². The average molecular weight is 354 g/mol. The maximum Gasteiger partial charge on any atom is 0.222 e. The normalized spacial score (nSPS) is 28.0. The van der Waals surface area contributed by atoms with Gasteiger partial charge in [0.15, 0.2) is 0 Å². The Balaban J connectivity index is 1.32. The van der Waals surface area contributed by atoms with Crippen molar-refractivity contribution >= 4 is 16.8 Å². The maximum atomic E-state index is 12.8. The zero-order valence-corrected chi connectivity index (χ0v) is 16.2. The Kier molecular flexibility index (Phi) is 4.78. The maximum absolute atomic E-state index is 12.8. The molecule has 0 bridgehead atoms. The Morgan fingerprint density at radius 3 is 2.38 bits per heavy atom. The van der Waals surface area contributed by atoms with Crippen molar-refractivity contribution in [3.8, 4) is 0 Å². The number of benzene rings is 1. The van der Waals surface area contributed by atoms with Gasteiger partial charge in [0.25, 0.3) is 0 Å². The standard InChI is InChI=1S/C22H31N3O/c1-24(2)18-10-16-12-19(13-17(16)11-18)25(3)22(26)9-8-15-14-23-21-7-5-4-6-20(15)21/h4-7,14,16-19,23H,8-13H2,1-3H3/t16-,17+,18?,19?. The first-order valence-corrected chi connectivity index (χ1v) is 10.00. The van der Waals surface area contributed by atoms with E-state index in [1.54, 1.807) is 0 Å². The molecule has 2 aromatic rings. The number of hydrogen-bond acceptors (Lipinski definition) is 2. The number of fused-ring (bicyclic) bond motifs is 2. The van der Waals surface area contributed by atoms with Crippen LogP contribution >= 0.6 is 0 Å². The van der Waals surface area contributed by atoms with Crippen LogP contribution in [0.15, 0.2) is 30.5 Å². The number of aromatic amines is 1. The molecule has 1 aromatic heterocycles. The number of carbonyl (C=O) groups is 1. The van der Waals surface area contributed by atoms with E-state index in [1.807, 2.05) is 13.1 Å². The number of H-pyrrole nitrogens is 1. The summed E-state index contributed by atoms with van der Waals surface area (Å²) in [5.41, 5.74) is 2.40. The molecule has 1 aromatic carbocycles. The van der Waals surface area contributed by atoms with Crippen molar-refractivity contribution in [3.63, 3.8) is 0 Å². The van der Waals surface area contributed by atoms with E-state index in [4.69, 9.17) is 0 Å². The Labute approximate surface area is 156 Å². The lowest BCUT2D eigenvalue weighted by molar-refractivity contribution is -0.131. The van der Waals surface area contributed by atoms with Gasteiger partial charge in [0.05, 0.1) is 0 Å². The molecule has 1 N–H and O–H groups in total. The van der Waals surface area contributed by atoms with Crippen LogP contribution in [-0.2, 0) is 11.2 Å². The van der Waals surface area contributed by atoms with Gasteiger partial charge in [0.2, 0.25) is 5.91 Å². The van der Waals surface area contributed by atoms with E-state index >= 15 is 0 Å². The third-order valence-corrected chi connectivity index (χ3v) is 6.92. The van der Waals surface area contributed by atoms with Crippen molar-refractivity contribution in [1.29, 1.82) is 0 Å². The number of para-hydroxylation sites is 1. The van der Waals surface area contributed by atoms with Crippen LogP contribution in [0.3, 0.4) is 0 Å². The lowest BCUT2D eigenvalue weighted by atomic mass is 10.0. The van der Waals surface area contributed by atoms with Crippen molar-refractivity contribution in [3.05, 3.63) is 36.0 Å². The molecule has 0 aliphatic heterocycles. The number of hydrogen-bond donors (Lipinski definition) is 1. The highest BCUT2D eigenvalue weighted by molar-refractivity contribution is 5.84. The molecule has 26 heavy (non-hydrogen) atoms. The largest absolute Gasteiger partial charge is 0.361 e. The third kappa shape index (κ3) is 3.27. The molecule has 2 fully saturated rings. The van der Waals surface area contributed by atoms with Crippen LogP contribution in [0.2, 0.25) is 0 Å². The van der Waals surface area contributed by atoms with E-state index in [2.05, 4.69) is 53.3 Å². The number of amides is 1. The van der Waals surface area contributed by atoms with Crippen LogP contribution in [0.4, 0.5) is 0 Å². The van der Waals surface area contributed by atoms with Crippen LogP contribution in [0.25, 0.3) is 10.9 Å². The summed E-state index contributed by atoms with van der Waals surface area (Å²) in [7, 11) is 6.42. The van der Waals surface area contributed by atoms with E-state index in [9.17, 15) is 4.79 Å². The van der Waals surface area contributed by atoms with Crippen molar-refractivity contribution in [2.75, 3.05) is 21.1 Å². The molecule has 4 atom stereocenters. The minimum absolute atomic E-state index is 0.296. The number of aromatic nitrogens is 1. The minimum atomic E-state index is 0.296. The Morgan fingerprint density at radius 2 is 1.69 bits per heavy atom. The Bertz CT molecular complexity index is 767. The monoisotopic (exact) mass is 353 g/mol. The second-order valence-electron chi connectivity index (χ2n) is 8.60. The van der Waals surface area contributed by atoms with Crippen molar-refractivity contribution < 1.29 is 4.79 Å². The summed E-state index contributed by atoms with van der Waals surface area (Å²) in [5.74, 6) is 1.93. The van der Waals surface area contributed by atoms with Gasteiger partial charge in [0.1, 0.15) is 0 Å². The first-order valence-electron chi connectivity index (χ1n) is 10.00. The first kappa shape index (κ1) is 17.6. The molecule has 4 heteroatoms. The highest BCUT2D eigenvalue weighted by Gasteiger charge is 2.43. The second-order valence-corrected chi connectivity index (χ2v) is 8.60. The fourth-order valence-electron chi connectivity index (χ4n) is 5.25. The SMILES string of the molecule is CN(C)C1C[C@@H]2CC(N(C)C(=O)CCc3c[nH]c4ccccc34)C[C@@H]2C1. The lowest BCUT2D eigenvalue weighted by Gasteiger charge is -2.27. The number of rotatable bonds is 5. The number of aryl methyl sites for hydroxylation is 1. The molecule has 1 amide bonds. The summed E-state index contributed by atoms with van der Waals surface area (Å²) >= 11 is 0. The first-order chi connectivity index (χ1) is 12.5. The molecule has 0 radical (unpaired) electrons. The molecule has 140 valence electrons. The topological polar surface area (TPSA) is 39.3 Å². The molecule has 0 saturated heterocycles. The molecule has 1 heterocycles. The van der Waals surface area contributed by atoms with Gasteiger partial charge >= 0.3 is 0 Å². The highest BCUT2D eigenvalue weighted by atomic mass is 16.2. The average Bonchev–Trinajstić information content (AvgIpc) is 3.31. The zero-order valence-electron chi connectivity index (χ0n) is 16.2. The highest BCUT2D eigenvalue weighted by Crippen LogP contribution is 2.46. The third-order valence-electron chi connectivity index (χ3n) is 6.92. The van der Waals surface area contributed by atoms with Gasteiger partial charge in [0, 0.05) is 42.7 Å². The van der Waals surface area contributed by atoms with Gasteiger partial charge in [-0.1, -0.05) is 18.2 Å². The van der Waals surface area contributed by atoms with E-state index < -0.39 is 0 Å². The molecule has 2 unspecified atom stereocenters. The van der Waals surface area contributed by atoms with Gasteiger partial charge < -0.3 is 14.8 Å². The number of carbonyl (C=O) groups excluding carboxylic acids is 1. The summed E-state index contributed by atoms with van der Waals surface area (Å²) in [5, 5.41) is 1.24. The number of nitrogens with zero attached hydrogens (tertiary/aromatic N) is 2. The predicted octanol–water partition coefficient (Wildman–Crippen LogP) is 3.68. The fourth-order valence-corrected chi connectivity index (χ4v) is 5.25. The van der Waals surface area contributed by atoms with Crippen molar-refractivity contribution in [2.24, 2.45) is 11.8 Å². The Morgan fingerprint density at radius 1 is 1.04 bits per heavy atom. The van der Waals surface area contributed by atoms with Gasteiger partial charge in [-0.25, -0.2) is 0 Å². The molecule has 4 nitrogen and oxygen atoms in total. The van der Waals surface area contributed by atoms with Gasteiger partial charge in [-0.3, -0.25) is 4.79 Å². The minimum Gasteiger partial charge on any atom is -0.361 e. The van der Waals surface area contributed by atoms with Crippen LogP contribution in [0.5, 0.6) is 0 Å². The molecule has 4 rings (SSSR count). The zero-order chi connectivity index (χ0) is 18.3. The van der Waals surface area contributed by atoms with E-state index in [-0.39, 0.29) is 0 Å². The van der Waals surface area contributed by atoms with E-state index in [0.29, 0.717) is 18.4 Å². The predicted molar refractivity (Wildman–Crippen MR) is 106 cm³/mol. The van der Waals surface area contributed by atoms with E-state index in [1.165, 1.54) is 36.6 Å².